The number of aryl methyl sites for hydroxylation is 1. The Morgan fingerprint density at radius 3 is 2.33 bits per heavy atom. The van der Waals surface area contributed by atoms with E-state index in [2.05, 4.69) is 10.6 Å². The Kier molecular flexibility index (Phi) is 7.85. The largest absolute Gasteiger partial charge is 0.380 e. The Bertz CT molecular complexity index is 878. The van der Waals surface area contributed by atoms with Crippen molar-refractivity contribution < 1.29 is 4.79 Å². The molecule has 0 spiro atoms. The molecule has 0 aliphatic carbocycles. The smallest absolute Gasteiger partial charge is 0.106 e. The minimum Gasteiger partial charge on any atom is -0.380 e. The third kappa shape index (κ3) is 4.89. The molecule has 0 aliphatic rings. The maximum Gasteiger partial charge on any atom is 0.106 e. The van der Waals surface area contributed by atoms with Gasteiger partial charge in [-0.2, -0.15) is 5.10 Å². The summed E-state index contributed by atoms with van der Waals surface area (Å²) in [4.78, 5) is 8.00. The van der Waals surface area contributed by atoms with Gasteiger partial charge in [-0.05, 0) is 38.2 Å². The predicted octanol–water partition coefficient (Wildman–Crippen LogP) is 4.60. The summed E-state index contributed by atoms with van der Waals surface area (Å²) in [7, 11) is 1.93. The summed E-state index contributed by atoms with van der Waals surface area (Å²) in [6.45, 7) is 5.65. The lowest BCUT2D eigenvalue weighted by Gasteiger charge is -2.13. The molecule has 1 aromatic heterocycles. The molecule has 0 amide bonds. The van der Waals surface area contributed by atoms with E-state index in [9.17, 15) is 0 Å². The second-order valence-electron chi connectivity index (χ2n) is 5.71. The summed E-state index contributed by atoms with van der Waals surface area (Å²) in [6.07, 6.45) is 0. The van der Waals surface area contributed by atoms with Gasteiger partial charge in [0.2, 0.25) is 0 Å². The average Bonchev–Trinajstić information content (AvgIpc) is 3.01. The summed E-state index contributed by atoms with van der Waals surface area (Å²) in [5.41, 5.74) is 4.76. The van der Waals surface area contributed by atoms with Gasteiger partial charge in [-0.25, -0.2) is 4.68 Å². The Morgan fingerprint density at radius 2 is 1.70 bits per heavy atom. The van der Waals surface area contributed by atoms with Gasteiger partial charge in [0.25, 0.3) is 0 Å². The number of hydrogen-bond donors (Lipinski definition) is 2. The van der Waals surface area contributed by atoms with Gasteiger partial charge in [0.1, 0.15) is 6.79 Å². The molecule has 0 saturated carbocycles. The van der Waals surface area contributed by atoms with Gasteiger partial charge in [0.15, 0.2) is 0 Å². The maximum absolute atomic E-state index is 8.00. The van der Waals surface area contributed by atoms with Gasteiger partial charge in [0.05, 0.1) is 27.8 Å². The average molecular weight is 405 g/mol. The van der Waals surface area contributed by atoms with Crippen molar-refractivity contribution in [1.29, 1.82) is 0 Å². The monoisotopic (exact) mass is 404 g/mol. The van der Waals surface area contributed by atoms with Gasteiger partial charge in [-0.1, -0.05) is 47.5 Å². The van der Waals surface area contributed by atoms with Crippen molar-refractivity contribution in [2.24, 2.45) is 0 Å². The van der Waals surface area contributed by atoms with Gasteiger partial charge in [-0.3, -0.25) is 0 Å². The number of rotatable bonds is 6. The maximum atomic E-state index is 8.00. The predicted molar refractivity (Wildman–Crippen MR) is 113 cm³/mol. The number of hydrogen-bond acceptors (Lipinski definition) is 4. The van der Waals surface area contributed by atoms with Crippen LogP contribution in [0.1, 0.15) is 5.69 Å². The van der Waals surface area contributed by atoms with Crippen molar-refractivity contribution in [3.63, 3.8) is 0 Å². The van der Waals surface area contributed by atoms with E-state index in [-0.39, 0.29) is 0 Å². The lowest BCUT2D eigenvalue weighted by molar-refractivity contribution is -0.0979. The van der Waals surface area contributed by atoms with Crippen LogP contribution in [0, 0.1) is 6.92 Å². The normalized spacial score (nSPS) is 10.2. The van der Waals surface area contributed by atoms with Gasteiger partial charge in [-0.15, -0.1) is 0 Å². The SMILES string of the molecule is C=O.CNCCNc1c(C)nn(-c2ccccc2Cl)c1-c1ccc(Cl)cc1. The molecule has 142 valence electrons. The lowest BCUT2D eigenvalue weighted by Crippen LogP contribution is -2.18. The topological polar surface area (TPSA) is 59.0 Å². The summed E-state index contributed by atoms with van der Waals surface area (Å²) in [6, 6.07) is 15.5. The summed E-state index contributed by atoms with van der Waals surface area (Å²) < 4.78 is 1.89. The summed E-state index contributed by atoms with van der Waals surface area (Å²) in [5, 5.41) is 12.7. The first-order valence-electron chi connectivity index (χ1n) is 8.39. The number of nitrogens with one attached hydrogen (secondary N) is 2. The van der Waals surface area contributed by atoms with Crippen molar-refractivity contribution in [2.75, 3.05) is 25.5 Å². The molecule has 1 heterocycles. The van der Waals surface area contributed by atoms with Crippen molar-refractivity contribution in [3.8, 4) is 16.9 Å². The summed E-state index contributed by atoms with van der Waals surface area (Å²) in [5.74, 6) is 0. The molecule has 0 atom stereocenters. The number of anilines is 1. The number of halogens is 2. The number of carbonyl (C=O) groups excluding carboxylic acids is 1. The van der Waals surface area contributed by atoms with Crippen molar-refractivity contribution in [3.05, 3.63) is 64.3 Å². The first-order valence-corrected chi connectivity index (χ1v) is 9.15. The number of nitrogens with zero attached hydrogens (tertiary/aromatic N) is 2. The molecule has 7 heteroatoms. The molecule has 5 nitrogen and oxygen atoms in total. The molecule has 3 aromatic rings. The number of likely N-dealkylation sites (N-methyl/N-ethyl adjacent to an activating group) is 1. The van der Waals surface area contributed by atoms with Crippen LogP contribution in [-0.2, 0) is 4.79 Å². The van der Waals surface area contributed by atoms with Crippen molar-refractivity contribution in [1.82, 2.24) is 15.1 Å². The fraction of sp³-hybridized carbons (Fsp3) is 0.200. The van der Waals surface area contributed by atoms with Gasteiger partial charge in [0, 0.05) is 23.7 Å². The highest BCUT2D eigenvalue weighted by Crippen LogP contribution is 2.35. The van der Waals surface area contributed by atoms with Crippen LogP contribution in [0.2, 0.25) is 10.0 Å². The zero-order valence-corrected chi connectivity index (χ0v) is 16.8. The van der Waals surface area contributed by atoms with Crippen LogP contribution in [0.3, 0.4) is 0 Å². The van der Waals surface area contributed by atoms with Crippen LogP contribution >= 0.6 is 23.2 Å². The Hall–Kier alpha value is -2.34. The quantitative estimate of drug-likeness (QED) is 0.589. The van der Waals surface area contributed by atoms with Crippen molar-refractivity contribution in [2.45, 2.75) is 6.92 Å². The minimum absolute atomic E-state index is 0.655. The molecule has 2 aromatic carbocycles. The third-order valence-electron chi connectivity index (χ3n) is 3.94. The van der Waals surface area contributed by atoms with E-state index in [4.69, 9.17) is 33.1 Å². The minimum atomic E-state index is 0.655. The first kappa shape index (κ1) is 21.0. The van der Waals surface area contributed by atoms with Crippen LogP contribution in [-0.4, -0.2) is 36.7 Å². The van der Waals surface area contributed by atoms with E-state index in [0.717, 1.165) is 41.4 Å². The second kappa shape index (κ2) is 10.1. The first-order chi connectivity index (χ1) is 13.1. The van der Waals surface area contributed by atoms with E-state index in [1.54, 1.807) is 0 Å². The van der Waals surface area contributed by atoms with Crippen LogP contribution in [0.15, 0.2) is 48.5 Å². The molecule has 0 bridgehead atoms. The molecular formula is C20H22Cl2N4O. The molecule has 0 aliphatic heterocycles. The summed E-state index contributed by atoms with van der Waals surface area (Å²) >= 11 is 12.5. The third-order valence-corrected chi connectivity index (χ3v) is 4.51. The molecule has 27 heavy (non-hydrogen) atoms. The van der Waals surface area contributed by atoms with Crippen LogP contribution in [0.5, 0.6) is 0 Å². The van der Waals surface area contributed by atoms with Crippen LogP contribution in [0.25, 0.3) is 16.9 Å². The van der Waals surface area contributed by atoms with Crippen LogP contribution < -0.4 is 10.6 Å². The van der Waals surface area contributed by atoms with Gasteiger partial charge >= 0.3 is 0 Å². The van der Waals surface area contributed by atoms with Gasteiger partial charge < -0.3 is 15.4 Å². The van der Waals surface area contributed by atoms with Crippen molar-refractivity contribution >= 4 is 35.7 Å². The number of benzene rings is 2. The van der Waals surface area contributed by atoms with E-state index in [1.807, 2.05) is 74.0 Å². The standard InChI is InChI=1S/C19H20Cl2N4.CH2O/c1-13-18(23-12-11-22-2)19(14-7-9-15(20)10-8-14)25(24-13)17-6-4-3-5-16(17)21;1-2/h3-10,22-23H,11-12H2,1-2H3;1H2. The van der Waals surface area contributed by atoms with E-state index in [0.29, 0.717) is 10.0 Å². The Morgan fingerprint density at radius 1 is 1.04 bits per heavy atom. The molecule has 0 fully saturated rings. The number of para-hydroxylation sites is 1. The molecular weight excluding hydrogens is 383 g/mol. The zero-order valence-electron chi connectivity index (χ0n) is 15.3. The second-order valence-corrected chi connectivity index (χ2v) is 6.55. The molecule has 0 unspecified atom stereocenters. The Balaban J connectivity index is 0.00000126. The number of aromatic nitrogens is 2. The molecule has 3 rings (SSSR count). The highest BCUT2D eigenvalue weighted by molar-refractivity contribution is 6.32. The van der Waals surface area contributed by atoms with E-state index in [1.165, 1.54) is 0 Å². The van der Waals surface area contributed by atoms with E-state index >= 15 is 0 Å². The zero-order chi connectivity index (χ0) is 19.8. The highest BCUT2D eigenvalue weighted by atomic mass is 35.5. The van der Waals surface area contributed by atoms with Crippen LogP contribution in [0.4, 0.5) is 5.69 Å². The Labute approximate surface area is 169 Å². The molecule has 2 N–H and O–H groups in total. The number of carbonyl (C=O) groups is 1. The molecule has 0 radical (unpaired) electrons. The fourth-order valence-corrected chi connectivity index (χ4v) is 3.07. The molecule has 0 saturated heterocycles. The lowest BCUT2D eigenvalue weighted by atomic mass is 10.1. The highest BCUT2D eigenvalue weighted by Gasteiger charge is 2.19. The fourth-order valence-electron chi connectivity index (χ4n) is 2.72. The van der Waals surface area contributed by atoms with E-state index < -0.39 is 0 Å².